The van der Waals surface area contributed by atoms with Crippen LogP contribution in [-0.4, -0.2) is 24.0 Å². The number of fused-ring (bicyclic) bond motifs is 2. The molecule has 0 aliphatic carbocycles. The predicted octanol–water partition coefficient (Wildman–Crippen LogP) is 4.44. The Bertz CT molecular complexity index is 1250. The summed E-state index contributed by atoms with van der Waals surface area (Å²) in [5, 5.41) is 4.31. The number of benzene rings is 2. The van der Waals surface area contributed by atoms with Gasteiger partial charge in [-0.05, 0) is 56.3 Å². The lowest BCUT2D eigenvalue weighted by atomic mass is 10.1. The number of amides is 1. The molecule has 0 radical (unpaired) electrons. The normalized spacial score (nSPS) is 11.0. The summed E-state index contributed by atoms with van der Waals surface area (Å²) >= 11 is 0. The van der Waals surface area contributed by atoms with Crippen molar-refractivity contribution in [2.45, 2.75) is 13.8 Å². The van der Waals surface area contributed by atoms with E-state index in [-0.39, 0.29) is 5.56 Å². The molecule has 1 amide bonds. The summed E-state index contributed by atoms with van der Waals surface area (Å²) in [6, 6.07) is 16.4. The van der Waals surface area contributed by atoms with Crippen LogP contribution in [0.25, 0.3) is 21.9 Å². The number of hydrogen-bond acceptors (Lipinski definition) is 5. The number of carbonyl (C=O) groups excluding carboxylic acids is 1. The van der Waals surface area contributed by atoms with Gasteiger partial charge in [0.15, 0.2) is 0 Å². The van der Waals surface area contributed by atoms with Crippen molar-refractivity contribution in [1.82, 2.24) is 4.98 Å². The highest BCUT2D eigenvalue weighted by atomic mass is 16.4. The van der Waals surface area contributed by atoms with Crippen LogP contribution in [0.5, 0.6) is 0 Å². The SMILES string of the molecule is CCN(CC)c1ccc2cc(C(=O)Nc3cccc4ncccc34)c(=O)oc2c1. The Morgan fingerprint density at radius 2 is 1.90 bits per heavy atom. The second-order valence-corrected chi connectivity index (χ2v) is 6.67. The molecule has 0 aliphatic rings. The fourth-order valence-corrected chi connectivity index (χ4v) is 3.45. The van der Waals surface area contributed by atoms with Gasteiger partial charge in [-0.3, -0.25) is 9.78 Å². The Morgan fingerprint density at radius 1 is 1.07 bits per heavy atom. The molecule has 0 bridgehead atoms. The minimum Gasteiger partial charge on any atom is -0.422 e. The predicted molar refractivity (Wildman–Crippen MR) is 116 cm³/mol. The van der Waals surface area contributed by atoms with Gasteiger partial charge in [0.1, 0.15) is 11.1 Å². The largest absolute Gasteiger partial charge is 0.422 e. The lowest BCUT2D eigenvalue weighted by Crippen LogP contribution is -2.22. The lowest BCUT2D eigenvalue weighted by molar-refractivity contribution is 0.102. The van der Waals surface area contributed by atoms with Gasteiger partial charge < -0.3 is 14.6 Å². The molecule has 1 N–H and O–H groups in total. The molecular weight excluding hydrogens is 366 g/mol. The van der Waals surface area contributed by atoms with Crippen molar-refractivity contribution in [3.8, 4) is 0 Å². The molecular formula is C23H21N3O3. The van der Waals surface area contributed by atoms with Crippen molar-refractivity contribution in [2.24, 2.45) is 0 Å². The highest BCUT2D eigenvalue weighted by Crippen LogP contribution is 2.24. The third kappa shape index (κ3) is 3.57. The molecule has 0 aliphatic heterocycles. The van der Waals surface area contributed by atoms with E-state index < -0.39 is 11.5 Å². The molecule has 146 valence electrons. The van der Waals surface area contributed by atoms with Gasteiger partial charge in [-0.1, -0.05) is 6.07 Å². The summed E-state index contributed by atoms with van der Waals surface area (Å²) in [7, 11) is 0. The second kappa shape index (κ2) is 7.75. The Kier molecular flexibility index (Phi) is 4.99. The van der Waals surface area contributed by atoms with Crippen molar-refractivity contribution in [2.75, 3.05) is 23.3 Å². The highest BCUT2D eigenvalue weighted by molar-refractivity contribution is 6.09. The molecule has 2 aromatic heterocycles. The van der Waals surface area contributed by atoms with Crippen molar-refractivity contribution < 1.29 is 9.21 Å². The second-order valence-electron chi connectivity index (χ2n) is 6.67. The summed E-state index contributed by atoms with van der Waals surface area (Å²) in [5.74, 6) is -0.509. The fraction of sp³-hybridized carbons (Fsp3) is 0.174. The number of rotatable bonds is 5. The first-order chi connectivity index (χ1) is 14.1. The van der Waals surface area contributed by atoms with Crippen LogP contribution in [0.3, 0.4) is 0 Å². The zero-order chi connectivity index (χ0) is 20.4. The Balaban J connectivity index is 1.70. The number of nitrogens with zero attached hydrogens (tertiary/aromatic N) is 2. The van der Waals surface area contributed by atoms with Crippen LogP contribution in [0, 0.1) is 0 Å². The van der Waals surface area contributed by atoms with Crippen molar-refractivity contribution in [3.05, 3.63) is 76.8 Å². The van der Waals surface area contributed by atoms with Gasteiger partial charge in [-0.25, -0.2) is 4.79 Å². The quantitative estimate of drug-likeness (QED) is 0.513. The molecule has 0 atom stereocenters. The molecule has 0 fully saturated rings. The van der Waals surface area contributed by atoms with Gasteiger partial charge in [0.25, 0.3) is 5.91 Å². The first kappa shape index (κ1) is 18.7. The molecule has 4 aromatic rings. The van der Waals surface area contributed by atoms with Gasteiger partial charge in [0, 0.05) is 41.8 Å². The van der Waals surface area contributed by atoms with E-state index in [4.69, 9.17) is 4.42 Å². The molecule has 29 heavy (non-hydrogen) atoms. The Hall–Kier alpha value is -3.67. The minimum absolute atomic E-state index is 0.0333. The van der Waals surface area contributed by atoms with Gasteiger partial charge in [-0.15, -0.1) is 0 Å². The van der Waals surface area contributed by atoms with Crippen molar-refractivity contribution in [1.29, 1.82) is 0 Å². The maximum atomic E-state index is 12.8. The first-order valence-corrected chi connectivity index (χ1v) is 9.58. The van der Waals surface area contributed by atoms with E-state index in [1.165, 1.54) is 0 Å². The van der Waals surface area contributed by atoms with E-state index >= 15 is 0 Å². The lowest BCUT2D eigenvalue weighted by Gasteiger charge is -2.21. The third-order valence-corrected chi connectivity index (χ3v) is 4.99. The van der Waals surface area contributed by atoms with Crippen LogP contribution in [0.1, 0.15) is 24.2 Å². The van der Waals surface area contributed by atoms with Crippen molar-refractivity contribution >= 4 is 39.2 Å². The molecule has 6 heteroatoms. The molecule has 2 heterocycles. The maximum absolute atomic E-state index is 12.8. The third-order valence-electron chi connectivity index (χ3n) is 4.99. The standard InChI is InChI=1S/C23H21N3O3/c1-3-26(4-2)16-11-10-15-13-18(23(28)29-21(15)14-16)22(27)25-20-9-5-8-19-17(20)7-6-12-24-19/h5-14H,3-4H2,1-2H3,(H,25,27). The molecule has 0 saturated carbocycles. The zero-order valence-electron chi connectivity index (χ0n) is 16.3. The zero-order valence-corrected chi connectivity index (χ0v) is 16.3. The number of hydrogen-bond donors (Lipinski definition) is 1. The number of nitrogens with one attached hydrogen (secondary N) is 1. The van der Waals surface area contributed by atoms with Crippen LogP contribution < -0.4 is 15.8 Å². The highest BCUT2D eigenvalue weighted by Gasteiger charge is 2.16. The van der Waals surface area contributed by atoms with Crippen LogP contribution in [0.4, 0.5) is 11.4 Å². The van der Waals surface area contributed by atoms with E-state index in [9.17, 15) is 9.59 Å². The van der Waals surface area contributed by atoms with E-state index in [0.29, 0.717) is 16.7 Å². The molecule has 2 aromatic carbocycles. The Morgan fingerprint density at radius 3 is 2.69 bits per heavy atom. The first-order valence-electron chi connectivity index (χ1n) is 9.58. The van der Waals surface area contributed by atoms with Crippen LogP contribution in [0.15, 0.2) is 70.0 Å². The van der Waals surface area contributed by atoms with Gasteiger partial charge in [0.05, 0.1) is 11.2 Å². The van der Waals surface area contributed by atoms with Gasteiger partial charge >= 0.3 is 5.63 Å². The smallest absolute Gasteiger partial charge is 0.349 e. The number of aromatic nitrogens is 1. The molecule has 0 spiro atoms. The number of pyridine rings is 1. The topological polar surface area (TPSA) is 75.4 Å². The molecule has 4 rings (SSSR count). The minimum atomic E-state index is -0.662. The fourth-order valence-electron chi connectivity index (χ4n) is 3.45. The average Bonchev–Trinajstić information content (AvgIpc) is 2.74. The van der Waals surface area contributed by atoms with Crippen LogP contribution in [-0.2, 0) is 0 Å². The Labute approximate surface area is 167 Å². The van der Waals surface area contributed by atoms with E-state index in [1.807, 2.05) is 36.4 Å². The summed E-state index contributed by atoms with van der Waals surface area (Å²) in [5.41, 5.74) is 2.10. The van der Waals surface area contributed by atoms with E-state index in [2.05, 4.69) is 29.0 Å². The van der Waals surface area contributed by atoms with Crippen LogP contribution >= 0.6 is 0 Å². The average molecular weight is 387 g/mol. The van der Waals surface area contributed by atoms with E-state index in [1.54, 1.807) is 24.4 Å². The molecule has 6 nitrogen and oxygen atoms in total. The van der Waals surface area contributed by atoms with Crippen molar-refractivity contribution in [3.63, 3.8) is 0 Å². The van der Waals surface area contributed by atoms with Gasteiger partial charge in [0.2, 0.25) is 0 Å². The maximum Gasteiger partial charge on any atom is 0.349 e. The van der Waals surface area contributed by atoms with Gasteiger partial charge in [-0.2, -0.15) is 0 Å². The summed E-state index contributed by atoms with van der Waals surface area (Å²) in [6.07, 6.45) is 1.69. The summed E-state index contributed by atoms with van der Waals surface area (Å²) in [6.45, 7) is 5.85. The number of carbonyl (C=O) groups is 1. The summed E-state index contributed by atoms with van der Waals surface area (Å²) < 4.78 is 5.46. The molecule has 0 saturated heterocycles. The summed E-state index contributed by atoms with van der Waals surface area (Å²) in [4.78, 5) is 31.7. The number of anilines is 2. The van der Waals surface area contributed by atoms with E-state index in [0.717, 1.165) is 29.7 Å². The monoisotopic (exact) mass is 387 g/mol. The van der Waals surface area contributed by atoms with Crippen LogP contribution in [0.2, 0.25) is 0 Å². The molecule has 0 unspecified atom stereocenters.